The molecule has 13 rings (SSSR count). The Hall–Kier alpha value is -7.41. The van der Waals surface area contributed by atoms with Crippen LogP contribution in [0.5, 0.6) is 0 Å². The molecular weight excluding hydrogens is 755 g/mol. The van der Waals surface area contributed by atoms with Gasteiger partial charge < -0.3 is 8.83 Å². The standard InChI is InChI=1S/C54H33N3O2S/c1-54(2)41-16-6-3-11-33(41)34-24-21-31(29-42(34)54)30-22-25-45-40(27-30)49-37(14-9-18-46(49)59-45)52-55-51(32-23-26-44-39(28-32)35-12-4-7-17-43(35)58-44)56-53(57-52)38-15-10-20-48-50(38)36-13-5-8-19-47(36)60-48/h3-29H,1-2H3. The fraction of sp³-hybridized carbons (Fsp3) is 0.0556. The second-order valence-electron chi connectivity index (χ2n) is 16.3. The van der Waals surface area contributed by atoms with E-state index in [1.807, 2.05) is 42.5 Å². The molecule has 4 heterocycles. The lowest BCUT2D eigenvalue weighted by Crippen LogP contribution is -2.14. The van der Waals surface area contributed by atoms with Gasteiger partial charge in [-0.05, 0) is 94.0 Å². The minimum absolute atomic E-state index is 0.0927. The summed E-state index contributed by atoms with van der Waals surface area (Å²) in [6.45, 7) is 4.66. The molecule has 0 saturated heterocycles. The van der Waals surface area contributed by atoms with Crippen LogP contribution in [-0.2, 0) is 5.41 Å². The van der Waals surface area contributed by atoms with E-state index in [1.165, 1.54) is 42.6 Å². The van der Waals surface area contributed by atoms with Crippen LogP contribution in [0.15, 0.2) is 173 Å². The van der Waals surface area contributed by atoms with E-state index >= 15 is 0 Å². The van der Waals surface area contributed by atoms with Crippen molar-refractivity contribution in [2.75, 3.05) is 0 Å². The molecule has 12 aromatic rings. The topological polar surface area (TPSA) is 65.0 Å². The van der Waals surface area contributed by atoms with Crippen molar-refractivity contribution >= 4 is 75.4 Å². The van der Waals surface area contributed by atoms with Crippen molar-refractivity contribution < 1.29 is 8.83 Å². The molecule has 5 nitrogen and oxygen atoms in total. The summed E-state index contributed by atoms with van der Waals surface area (Å²) in [5, 5.41) is 6.41. The Balaban J connectivity index is 1.03. The third-order valence-corrected chi connectivity index (χ3v) is 13.7. The first kappa shape index (κ1) is 33.6. The Bertz CT molecular complexity index is 3770. The highest BCUT2D eigenvalue weighted by Crippen LogP contribution is 2.50. The van der Waals surface area contributed by atoms with Crippen LogP contribution in [0.3, 0.4) is 0 Å². The lowest BCUT2D eigenvalue weighted by atomic mass is 9.81. The van der Waals surface area contributed by atoms with Gasteiger partial charge in [0.2, 0.25) is 0 Å². The van der Waals surface area contributed by atoms with Crippen molar-refractivity contribution in [3.8, 4) is 56.4 Å². The first-order valence-electron chi connectivity index (χ1n) is 20.3. The normalized spacial score (nSPS) is 13.3. The Morgan fingerprint density at radius 1 is 0.383 bits per heavy atom. The third-order valence-electron chi connectivity index (χ3n) is 12.6. The number of hydrogen-bond acceptors (Lipinski definition) is 6. The fourth-order valence-electron chi connectivity index (χ4n) is 9.65. The summed E-state index contributed by atoms with van der Waals surface area (Å²) in [5.74, 6) is 1.79. The molecule has 4 aromatic heterocycles. The number of thiophene rings is 1. The Labute approximate surface area is 348 Å². The van der Waals surface area contributed by atoms with E-state index in [9.17, 15) is 0 Å². The molecule has 1 aliphatic carbocycles. The second-order valence-corrected chi connectivity index (χ2v) is 17.4. The molecule has 0 unspecified atom stereocenters. The summed E-state index contributed by atoms with van der Waals surface area (Å²) in [6, 6.07) is 57.7. The quantitative estimate of drug-likeness (QED) is 0.178. The minimum atomic E-state index is -0.0927. The monoisotopic (exact) mass is 787 g/mol. The predicted octanol–water partition coefficient (Wildman–Crippen LogP) is 15.0. The lowest BCUT2D eigenvalue weighted by molar-refractivity contribution is 0.660. The number of aromatic nitrogens is 3. The molecule has 0 radical (unpaired) electrons. The fourth-order valence-corrected chi connectivity index (χ4v) is 10.8. The molecule has 0 bridgehead atoms. The largest absolute Gasteiger partial charge is 0.456 e. The minimum Gasteiger partial charge on any atom is -0.456 e. The van der Waals surface area contributed by atoms with E-state index in [4.69, 9.17) is 23.8 Å². The van der Waals surface area contributed by atoms with E-state index in [0.29, 0.717) is 17.5 Å². The molecule has 0 fully saturated rings. The summed E-state index contributed by atoms with van der Waals surface area (Å²) in [5.41, 5.74) is 13.6. The first-order valence-corrected chi connectivity index (χ1v) is 21.1. The summed E-state index contributed by atoms with van der Waals surface area (Å²) < 4.78 is 15.2. The zero-order chi connectivity index (χ0) is 39.7. The van der Waals surface area contributed by atoms with E-state index < -0.39 is 0 Å². The number of nitrogens with zero attached hydrogens (tertiary/aromatic N) is 3. The molecule has 282 valence electrons. The first-order chi connectivity index (χ1) is 29.5. The smallest absolute Gasteiger partial charge is 0.164 e. The molecule has 0 amide bonds. The summed E-state index contributed by atoms with van der Waals surface area (Å²) in [6.07, 6.45) is 0. The van der Waals surface area contributed by atoms with Gasteiger partial charge in [0.05, 0.1) is 0 Å². The average Bonchev–Trinajstić information content (AvgIpc) is 4.04. The van der Waals surface area contributed by atoms with Crippen LogP contribution in [0.2, 0.25) is 0 Å². The van der Waals surface area contributed by atoms with E-state index in [-0.39, 0.29) is 5.41 Å². The van der Waals surface area contributed by atoms with E-state index in [0.717, 1.165) is 71.5 Å². The van der Waals surface area contributed by atoms with Crippen LogP contribution < -0.4 is 0 Å². The number of benzene rings is 8. The molecule has 0 aliphatic heterocycles. The highest BCUT2D eigenvalue weighted by Gasteiger charge is 2.35. The molecule has 1 aliphatic rings. The van der Waals surface area contributed by atoms with Crippen molar-refractivity contribution in [1.29, 1.82) is 0 Å². The van der Waals surface area contributed by atoms with Crippen LogP contribution >= 0.6 is 11.3 Å². The maximum absolute atomic E-state index is 6.58. The Morgan fingerprint density at radius 3 is 1.83 bits per heavy atom. The van der Waals surface area contributed by atoms with Crippen molar-refractivity contribution in [1.82, 2.24) is 15.0 Å². The maximum Gasteiger partial charge on any atom is 0.164 e. The summed E-state index contributed by atoms with van der Waals surface area (Å²) in [7, 11) is 0. The van der Waals surface area contributed by atoms with Crippen LogP contribution in [-0.4, -0.2) is 15.0 Å². The maximum atomic E-state index is 6.58. The van der Waals surface area contributed by atoms with Crippen LogP contribution in [0.25, 0.3) is 120 Å². The third kappa shape index (κ3) is 4.82. The number of hydrogen-bond donors (Lipinski definition) is 0. The molecule has 6 heteroatoms. The predicted molar refractivity (Wildman–Crippen MR) is 247 cm³/mol. The SMILES string of the molecule is CC1(C)c2ccccc2-c2ccc(-c3ccc4oc5cccc(-c6nc(-c7ccc8oc9ccccc9c8c7)nc(-c7cccc8sc9ccccc9c78)n6)c5c4c3)cc21. The number of furan rings is 2. The van der Waals surface area contributed by atoms with Crippen LogP contribution in [0.1, 0.15) is 25.0 Å². The van der Waals surface area contributed by atoms with Crippen molar-refractivity contribution in [2.45, 2.75) is 19.3 Å². The molecule has 0 spiro atoms. The number of rotatable bonds is 4. The van der Waals surface area contributed by atoms with Gasteiger partial charge in [-0.3, -0.25) is 0 Å². The van der Waals surface area contributed by atoms with Crippen molar-refractivity contribution in [3.05, 3.63) is 175 Å². The molecule has 0 N–H and O–H groups in total. The number of para-hydroxylation sites is 1. The van der Waals surface area contributed by atoms with Crippen LogP contribution in [0.4, 0.5) is 0 Å². The summed E-state index contributed by atoms with van der Waals surface area (Å²) in [4.78, 5) is 15.9. The zero-order valence-electron chi connectivity index (χ0n) is 32.7. The Kier molecular flexibility index (Phi) is 6.88. The van der Waals surface area contributed by atoms with E-state index in [2.05, 4.69) is 135 Å². The van der Waals surface area contributed by atoms with Gasteiger partial charge in [-0.1, -0.05) is 117 Å². The van der Waals surface area contributed by atoms with Gasteiger partial charge in [0, 0.05) is 63.8 Å². The Morgan fingerprint density at radius 2 is 0.950 bits per heavy atom. The van der Waals surface area contributed by atoms with Gasteiger partial charge in [-0.15, -0.1) is 11.3 Å². The highest BCUT2D eigenvalue weighted by molar-refractivity contribution is 7.25. The molecular formula is C54H33N3O2S. The van der Waals surface area contributed by atoms with E-state index in [1.54, 1.807) is 11.3 Å². The van der Waals surface area contributed by atoms with Crippen molar-refractivity contribution in [3.63, 3.8) is 0 Å². The molecule has 0 atom stereocenters. The summed E-state index contributed by atoms with van der Waals surface area (Å²) >= 11 is 1.79. The van der Waals surface area contributed by atoms with Crippen LogP contribution in [0, 0.1) is 0 Å². The molecule has 0 saturated carbocycles. The van der Waals surface area contributed by atoms with Gasteiger partial charge in [-0.25, -0.2) is 15.0 Å². The van der Waals surface area contributed by atoms with Crippen molar-refractivity contribution in [2.24, 2.45) is 0 Å². The second kappa shape index (κ2) is 12.3. The average molecular weight is 788 g/mol. The van der Waals surface area contributed by atoms with Gasteiger partial charge in [0.1, 0.15) is 22.3 Å². The van der Waals surface area contributed by atoms with Gasteiger partial charge in [0.25, 0.3) is 0 Å². The zero-order valence-corrected chi connectivity index (χ0v) is 33.5. The van der Waals surface area contributed by atoms with Gasteiger partial charge in [-0.2, -0.15) is 0 Å². The lowest BCUT2D eigenvalue weighted by Gasteiger charge is -2.22. The van der Waals surface area contributed by atoms with Gasteiger partial charge in [0.15, 0.2) is 17.5 Å². The highest BCUT2D eigenvalue weighted by atomic mass is 32.1. The number of fused-ring (bicyclic) bond motifs is 12. The van der Waals surface area contributed by atoms with Gasteiger partial charge >= 0.3 is 0 Å². The molecule has 8 aromatic carbocycles. The molecule has 60 heavy (non-hydrogen) atoms.